The highest BCUT2D eigenvalue weighted by Crippen LogP contribution is 2.18. The zero-order valence-corrected chi connectivity index (χ0v) is 12.4. The number of likely N-dealkylation sites (N-methyl/N-ethyl adjacent to an activating group) is 1. The number of anilines is 1. The van der Waals surface area contributed by atoms with E-state index in [2.05, 4.69) is 15.2 Å². The third kappa shape index (κ3) is 4.20. The van der Waals surface area contributed by atoms with Gasteiger partial charge < -0.3 is 15.1 Å². The molecule has 0 bridgehead atoms. The van der Waals surface area contributed by atoms with Gasteiger partial charge in [0.1, 0.15) is 5.69 Å². The highest BCUT2D eigenvalue weighted by Gasteiger charge is 2.12. The molecule has 0 spiro atoms. The molecule has 1 aromatic rings. The lowest BCUT2D eigenvalue weighted by atomic mass is 10.1. The average molecular weight is 276 g/mol. The minimum Gasteiger partial charge on any atom is -0.370 e. The molecule has 1 N–H and O–H groups in total. The van der Waals surface area contributed by atoms with Crippen LogP contribution in [-0.4, -0.2) is 56.1 Å². The third-order valence-corrected chi connectivity index (χ3v) is 3.55. The second kappa shape index (κ2) is 7.24. The minimum absolute atomic E-state index is 0.1000. The van der Waals surface area contributed by atoms with E-state index in [1.54, 1.807) is 0 Å². The van der Waals surface area contributed by atoms with Crippen molar-refractivity contribution < 1.29 is 4.79 Å². The lowest BCUT2D eigenvalue weighted by Crippen LogP contribution is -2.32. The maximum atomic E-state index is 11.9. The van der Waals surface area contributed by atoms with Crippen LogP contribution in [0.25, 0.3) is 0 Å². The molecular formula is C15H24N4O. The van der Waals surface area contributed by atoms with Crippen molar-refractivity contribution in [3.63, 3.8) is 0 Å². The first-order valence-corrected chi connectivity index (χ1v) is 7.31. The number of hydrogen-bond acceptors (Lipinski definition) is 4. The number of nitrogens with one attached hydrogen (secondary N) is 1. The Bertz CT molecular complexity index is 424. The Morgan fingerprint density at radius 3 is 2.65 bits per heavy atom. The molecule has 2 heterocycles. The van der Waals surface area contributed by atoms with E-state index in [4.69, 9.17) is 0 Å². The molecule has 1 fully saturated rings. The second-order valence-corrected chi connectivity index (χ2v) is 5.51. The van der Waals surface area contributed by atoms with Crippen LogP contribution in [0.3, 0.4) is 0 Å². The van der Waals surface area contributed by atoms with Gasteiger partial charge in [-0.15, -0.1) is 0 Å². The van der Waals surface area contributed by atoms with Crippen LogP contribution in [0.2, 0.25) is 0 Å². The molecule has 1 aromatic heterocycles. The van der Waals surface area contributed by atoms with E-state index >= 15 is 0 Å². The summed E-state index contributed by atoms with van der Waals surface area (Å²) in [5.41, 5.74) is 1.61. The van der Waals surface area contributed by atoms with Crippen molar-refractivity contribution in [3.8, 4) is 0 Å². The van der Waals surface area contributed by atoms with Gasteiger partial charge in [-0.3, -0.25) is 4.79 Å². The summed E-state index contributed by atoms with van der Waals surface area (Å²) in [4.78, 5) is 20.6. The predicted molar refractivity (Wildman–Crippen MR) is 81.2 cm³/mol. The summed E-state index contributed by atoms with van der Waals surface area (Å²) in [6.45, 7) is 3.66. The molecule has 0 aromatic carbocycles. The monoisotopic (exact) mass is 276 g/mol. The number of piperidine rings is 1. The summed E-state index contributed by atoms with van der Waals surface area (Å²) in [6.07, 6.45) is 5.61. The van der Waals surface area contributed by atoms with Crippen molar-refractivity contribution in [3.05, 3.63) is 24.0 Å². The fourth-order valence-corrected chi connectivity index (χ4v) is 2.34. The van der Waals surface area contributed by atoms with Crippen LogP contribution in [0.5, 0.6) is 0 Å². The van der Waals surface area contributed by atoms with Gasteiger partial charge in [-0.25, -0.2) is 4.98 Å². The Labute approximate surface area is 121 Å². The van der Waals surface area contributed by atoms with E-state index in [1.165, 1.54) is 19.3 Å². The molecule has 0 aliphatic carbocycles. The SMILES string of the molecule is CN(C)CCNC(=O)c1ccc(N2CCCCC2)cn1. The van der Waals surface area contributed by atoms with Crippen molar-refractivity contribution >= 4 is 11.6 Å². The van der Waals surface area contributed by atoms with Gasteiger partial charge in [0, 0.05) is 26.2 Å². The summed E-state index contributed by atoms with van der Waals surface area (Å²) >= 11 is 0. The molecule has 20 heavy (non-hydrogen) atoms. The molecule has 0 atom stereocenters. The Kier molecular flexibility index (Phi) is 5.35. The van der Waals surface area contributed by atoms with Crippen molar-refractivity contribution in [2.45, 2.75) is 19.3 Å². The number of carbonyl (C=O) groups is 1. The topological polar surface area (TPSA) is 48.5 Å². The van der Waals surface area contributed by atoms with Gasteiger partial charge in [0.15, 0.2) is 0 Å². The van der Waals surface area contributed by atoms with Gasteiger partial charge in [0.2, 0.25) is 0 Å². The van der Waals surface area contributed by atoms with Crippen LogP contribution in [0.4, 0.5) is 5.69 Å². The normalized spacial score (nSPS) is 15.4. The van der Waals surface area contributed by atoms with Crippen LogP contribution in [0.15, 0.2) is 18.3 Å². The number of nitrogens with zero attached hydrogens (tertiary/aromatic N) is 3. The van der Waals surface area contributed by atoms with Gasteiger partial charge in [0.25, 0.3) is 5.91 Å². The number of pyridine rings is 1. The summed E-state index contributed by atoms with van der Waals surface area (Å²) in [5.74, 6) is -0.1000. The average Bonchev–Trinajstić information content (AvgIpc) is 2.48. The number of amides is 1. The largest absolute Gasteiger partial charge is 0.370 e. The maximum Gasteiger partial charge on any atom is 0.269 e. The summed E-state index contributed by atoms with van der Waals surface area (Å²) < 4.78 is 0. The minimum atomic E-state index is -0.1000. The fourth-order valence-electron chi connectivity index (χ4n) is 2.34. The highest BCUT2D eigenvalue weighted by atomic mass is 16.1. The van der Waals surface area contributed by atoms with E-state index < -0.39 is 0 Å². The molecule has 1 aliphatic heterocycles. The van der Waals surface area contributed by atoms with Crippen molar-refractivity contribution in [2.24, 2.45) is 0 Å². The molecule has 0 radical (unpaired) electrons. The van der Waals surface area contributed by atoms with E-state index in [0.29, 0.717) is 12.2 Å². The lowest BCUT2D eigenvalue weighted by Gasteiger charge is -2.28. The van der Waals surface area contributed by atoms with E-state index in [1.807, 2.05) is 37.3 Å². The van der Waals surface area contributed by atoms with Gasteiger partial charge in [-0.2, -0.15) is 0 Å². The number of aromatic nitrogens is 1. The Morgan fingerprint density at radius 2 is 2.05 bits per heavy atom. The zero-order valence-electron chi connectivity index (χ0n) is 12.4. The first-order chi connectivity index (χ1) is 9.66. The number of carbonyl (C=O) groups excluding carboxylic acids is 1. The lowest BCUT2D eigenvalue weighted by molar-refractivity contribution is 0.0946. The molecule has 1 amide bonds. The summed E-state index contributed by atoms with van der Waals surface area (Å²) in [7, 11) is 3.97. The number of rotatable bonds is 5. The maximum absolute atomic E-state index is 11.9. The van der Waals surface area contributed by atoms with Gasteiger partial charge in [0.05, 0.1) is 11.9 Å². The Morgan fingerprint density at radius 1 is 1.30 bits per heavy atom. The van der Waals surface area contributed by atoms with Crippen LogP contribution in [-0.2, 0) is 0 Å². The van der Waals surface area contributed by atoms with Gasteiger partial charge in [-0.1, -0.05) is 0 Å². The molecule has 5 heteroatoms. The quantitative estimate of drug-likeness (QED) is 0.882. The predicted octanol–water partition coefficient (Wildman–Crippen LogP) is 1.36. The van der Waals surface area contributed by atoms with Crippen LogP contribution < -0.4 is 10.2 Å². The van der Waals surface area contributed by atoms with E-state index in [-0.39, 0.29) is 5.91 Å². The Balaban J connectivity index is 1.88. The Hall–Kier alpha value is -1.62. The molecule has 0 unspecified atom stereocenters. The standard InChI is InChI=1S/C15H24N4O/c1-18(2)11-8-16-15(20)14-7-6-13(12-17-14)19-9-4-3-5-10-19/h6-7,12H,3-5,8-11H2,1-2H3,(H,16,20). The molecule has 1 saturated heterocycles. The summed E-state index contributed by atoms with van der Waals surface area (Å²) in [5, 5.41) is 2.87. The molecule has 5 nitrogen and oxygen atoms in total. The smallest absolute Gasteiger partial charge is 0.269 e. The molecular weight excluding hydrogens is 252 g/mol. The third-order valence-electron chi connectivity index (χ3n) is 3.55. The van der Waals surface area contributed by atoms with Crippen LogP contribution in [0, 0.1) is 0 Å². The van der Waals surface area contributed by atoms with Crippen molar-refractivity contribution in [1.82, 2.24) is 15.2 Å². The van der Waals surface area contributed by atoms with Crippen molar-refractivity contribution in [2.75, 3.05) is 45.2 Å². The summed E-state index contributed by atoms with van der Waals surface area (Å²) in [6, 6.07) is 3.81. The zero-order chi connectivity index (χ0) is 14.4. The van der Waals surface area contributed by atoms with E-state index in [0.717, 1.165) is 25.3 Å². The highest BCUT2D eigenvalue weighted by molar-refractivity contribution is 5.92. The first-order valence-electron chi connectivity index (χ1n) is 7.31. The first kappa shape index (κ1) is 14.8. The molecule has 110 valence electrons. The van der Waals surface area contributed by atoms with Gasteiger partial charge in [-0.05, 0) is 45.5 Å². The molecule has 0 saturated carbocycles. The fraction of sp³-hybridized carbons (Fsp3) is 0.600. The molecule has 1 aliphatic rings. The van der Waals surface area contributed by atoms with E-state index in [9.17, 15) is 4.79 Å². The second-order valence-electron chi connectivity index (χ2n) is 5.51. The number of hydrogen-bond donors (Lipinski definition) is 1. The van der Waals surface area contributed by atoms with Gasteiger partial charge >= 0.3 is 0 Å². The van der Waals surface area contributed by atoms with Crippen LogP contribution in [0.1, 0.15) is 29.8 Å². The molecule has 2 rings (SSSR count). The van der Waals surface area contributed by atoms with Crippen molar-refractivity contribution in [1.29, 1.82) is 0 Å². The van der Waals surface area contributed by atoms with Crippen LogP contribution >= 0.6 is 0 Å².